The van der Waals surface area contributed by atoms with Crippen molar-refractivity contribution in [3.63, 3.8) is 0 Å². The molecule has 1 aliphatic rings. The van der Waals surface area contributed by atoms with E-state index < -0.39 is 0 Å². The Morgan fingerprint density at radius 1 is 1.38 bits per heavy atom. The number of carbonyl (C=O) groups is 1. The van der Waals surface area contributed by atoms with E-state index in [-0.39, 0.29) is 5.78 Å². The second kappa shape index (κ2) is 4.95. The molecule has 0 radical (unpaired) electrons. The first-order chi connectivity index (χ1) is 7.66. The molecule has 1 aliphatic heterocycles. The maximum Gasteiger partial charge on any atom is 0.185 e. The van der Waals surface area contributed by atoms with Crippen molar-refractivity contribution in [2.45, 2.75) is 39.5 Å². The Balaban J connectivity index is 2.12. The van der Waals surface area contributed by atoms with Gasteiger partial charge in [0, 0.05) is 24.4 Å². The lowest BCUT2D eigenvalue weighted by Crippen LogP contribution is -2.29. The van der Waals surface area contributed by atoms with E-state index in [2.05, 4.69) is 9.88 Å². The predicted octanol–water partition coefficient (Wildman–Crippen LogP) is 2.57. The molecule has 1 aromatic heterocycles. The normalized spacial score (nSPS) is 16.5. The van der Waals surface area contributed by atoms with Gasteiger partial charge < -0.3 is 4.90 Å². The van der Waals surface area contributed by atoms with Gasteiger partial charge in [0.2, 0.25) is 0 Å². The van der Waals surface area contributed by atoms with Crippen LogP contribution in [0.3, 0.4) is 0 Å². The van der Waals surface area contributed by atoms with Crippen molar-refractivity contribution >= 4 is 22.3 Å². The zero-order valence-electron chi connectivity index (χ0n) is 9.95. The third-order valence-electron chi connectivity index (χ3n) is 2.92. The number of piperidine rings is 1. The van der Waals surface area contributed by atoms with Crippen molar-refractivity contribution in [2.24, 2.45) is 0 Å². The number of nitrogens with zero attached hydrogens (tertiary/aromatic N) is 2. The fourth-order valence-electron chi connectivity index (χ4n) is 2.02. The molecule has 2 heterocycles. The summed E-state index contributed by atoms with van der Waals surface area (Å²) >= 11 is 1.69. The Kier molecular flexibility index (Phi) is 3.59. The van der Waals surface area contributed by atoms with Gasteiger partial charge in [0.25, 0.3) is 0 Å². The van der Waals surface area contributed by atoms with E-state index in [9.17, 15) is 4.79 Å². The van der Waals surface area contributed by atoms with Crippen LogP contribution in [0.25, 0.3) is 0 Å². The van der Waals surface area contributed by atoms with Crippen molar-refractivity contribution in [2.75, 3.05) is 18.0 Å². The van der Waals surface area contributed by atoms with Crippen molar-refractivity contribution in [3.8, 4) is 0 Å². The molecule has 4 heteroatoms. The van der Waals surface area contributed by atoms with Crippen LogP contribution in [0.1, 0.15) is 36.8 Å². The first kappa shape index (κ1) is 11.6. The number of carbonyl (C=O) groups excluding carboxylic acids is 1. The summed E-state index contributed by atoms with van der Waals surface area (Å²) in [5.74, 6) is 0.219. The third-order valence-corrected chi connectivity index (χ3v) is 4.14. The molecule has 0 unspecified atom stereocenters. The summed E-state index contributed by atoms with van der Waals surface area (Å²) in [6.07, 6.45) is 4.40. The quantitative estimate of drug-likeness (QED) is 0.811. The average Bonchev–Trinajstić information content (AvgIpc) is 2.61. The summed E-state index contributed by atoms with van der Waals surface area (Å²) in [4.78, 5) is 19.2. The topological polar surface area (TPSA) is 33.2 Å². The van der Waals surface area contributed by atoms with E-state index >= 15 is 0 Å². The number of aromatic nitrogens is 1. The monoisotopic (exact) mass is 238 g/mol. The van der Waals surface area contributed by atoms with Gasteiger partial charge in [-0.3, -0.25) is 4.79 Å². The van der Waals surface area contributed by atoms with Gasteiger partial charge in [-0.2, -0.15) is 0 Å². The number of anilines is 1. The van der Waals surface area contributed by atoms with Gasteiger partial charge >= 0.3 is 0 Å². The Labute approximate surface area is 100 Å². The predicted molar refractivity (Wildman–Crippen MR) is 67.3 cm³/mol. The highest BCUT2D eigenvalue weighted by Gasteiger charge is 2.16. The van der Waals surface area contributed by atoms with Crippen LogP contribution in [0.2, 0.25) is 0 Å². The standard InChI is InChI=1S/C12H18N2OS/c1-9(15)8-11-10(2)13-12(16-11)14-6-4-3-5-7-14/h3-8H2,1-2H3. The minimum atomic E-state index is 0.219. The molecule has 88 valence electrons. The van der Waals surface area contributed by atoms with E-state index in [1.165, 1.54) is 19.3 Å². The zero-order valence-corrected chi connectivity index (χ0v) is 10.8. The second-order valence-corrected chi connectivity index (χ2v) is 5.49. The Morgan fingerprint density at radius 2 is 2.06 bits per heavy atom. The van der Waals surface area contributed by atoms with Gasteiger partial charge in [0.1, 0.15) is 5.78 Å². The number of rotatable bonds is 3. The SMILES string of the molecule is CC(=O)Cc1sc(N2CCCCC2)nc1C. The van der Waals surface area contributed by atoms with Crippen LogP contribution in [0.5, 0.6) is 0 Å². The van der Waals surface area contributed by atoms with Crippen LogP contribution >= 0.6 is 11.3 Å². The number of hydrogen-bond acceptors (Lipinski definition) is 4. The average molecular weight is 238 g/mol. The Bertz CT molecular complexity index is 380. The van der Waals surface area contributed by atoms with Gasteiger partial charge in [-0.05, 0) is 33.1 Å². The number of hydrogen-bond donors (Lipinski definition) is 0. The molecule has 1 saturated heterocycles. The number of thiazole rings is 1. The van der Waals surface area contributed by atoms with Crippen molar-refractivity contribution in [3.05, 3.63) is 10.6 Å². The van der Waals surface area contributed by atoms with Crippen molar-refractivity contribution in [1.82, 2.24) is 4.98 Å². The lowest BCUT2D eigenvalue weighted by atomic mass is 10.1. The van der Waals surface area contributed by atoms with Crippen molar-refractivity contribution in [1.29, 1.82) is 0 Å². The first-order valence-corrected chi connectivity index (χ1v) is 6.69. The molecule has 0 spiro atoms. The highest BCUT2D eigenvalue weighted by Crippen LogP contribution is 2.28. The molecule has 0 amide bonds. The first-order valence-electron chi connectivity index (χ1n) is 5.87. The summed E-state index contributed by atoms with van der Waals surface area (Å²) in [6, 6.07) is 0. The highest BCUT2D eigenvalue weighted by molar-refractivity contribution is 7.15. The van der Waals surface area contributed by atoms with Gasteiger partial charge in [0.05, 0.1) is 5.69 Å². The van der Waals surface area contributed by atoms with Gasteiger partial charge in [-0.25, -0.2) is 4.98 Å². The second-order valence-electron chi connectivity index (χ2n) is 4.43. The fourth-order valence-corrected chi connectivity index (χ4v) is 3.21. The minimum Gasteiger partial charge on any atom is -0.348 e. The molecule has 0 aliphatic carbocycles. The maximum atomic E-state index is 11.1. The number of ketones is 1. The molecule has 16 heavy (non-hydrogen) atoms. The lowest BCUT2D eigenvalue weighted by Gasteiger charge is -2.25. The zero-order chi connectivity index (χ0) is 11.5. The smallest absolute Gasteiger partial charge is 0.185 e. The molecule has 1 aromatic rings. The molecule has 0 aromatic carbocycles. The fraction of sp³-hybridized carbons (Fsp3) is 0.667. The van der Waals surface area contributed by atoms with Crippen LogP contribution in [-0.4, -0.2) is 23.9 Å². The Morgan fingerprint density at radius 3 is 2.69 bits per heavy atom. The van der Waals surface area contributed by atoms with Crippen LogP contribution in [0.4, 0.5) is 5.13 Å². The molecule has 0 atom stereocenters. The molecule has 2 rings (SSSR count). The van der Waals surface area contributed by atoms with Crippen LogP contribution in [0.15, 0.2) is 0 Å². The van der Waals surface area contributed by atoms with Crippen molar-refractivity contribution < 1.29 is 4.79 Å². The minimum absolute atomic E-state index is 0.219. The number of aryl methyl sites for hydroxylation is 1. The van der Waals surface area contributed by atoms with Crippen LogP contribution in [0, 0.1) is 6.92 Å². The largest absolute Gasteiger partial charge is 0.348 e. The van der Waals surface area contributed by atoms with Crippen LogP contribution < -0.4 is 4.90 Å². The van der Waals surface area contributed by atoms with Crippen LogP contribution in [-0.2, 0) is 11.2 Å². The van der Waals surface area contributed by atoms with Gasteiger partial charge in [0.15, 0.2) is 5.13 Å². The Hall–Kier alpha value is -0.900. The summed E-state index contributed by atoms with van der Waals surface area (Å²) < 4.78 is 0. The molecule has 0 saturated carbocycles. The summed E-state index contributed by atoms with van der Waals surface area (Å²) in [5.41, 5.74) is 1.03. The summed E-state index contributed by atoms with van der Waals surface area (Å²) in [7, 11) is 0. The summed E-state index contributed by atoms with van der Waals surface area (Å²) in [5, 5.41) is 1.11. The van der Waals surface area contributed by atoms with E-state index in [4.69, 9.17) is 0 Å². The molecular weight excluding hydrogens is 220 g/mol. The van der Waals surface area contributed by atoms with Gasteiger partial charge in [-0.15, -0.1) is 11.3 Å². The maximum absolute atomic E-state index is 11.1. The molecule has 0 bridgehead atoms. The number of Topliss-reactive ketones (excluding diaryl/α,β-unsaturated/α-hetero) is 1. The molecule has 1 fully saturated rings. The molecular formula is C12H18N2OS. The van der Waals surface area contributed by atoms with E-state index in [1.807, 2.05) is 6.92 Å². The summed E-state index contributed by atoms with van der Waals surface area (Å²) in [6.45, 7) is 5.88. The molecule has 0 N–H and O–H groups in total. The highest BCUT2D eigenvalue weighted by atomic mass is 32.1. The molecule has 3 nitrogen and oxygen atoms in total. The lowest BCUT2D eigenvalue weighted by molar-refractivity contribution is -0.116. The third kappa shape index (κ3) is 2.61. The van der Waals surface area contributed by atoms with E-state index in [1.54, 1.807) is 18.3 Å². The van der Waals surface area contributed by atoms with Gasteiger partial charge in [-0.1, -0.05) is 0 Å². The van der Waals surface area contributed by atoms with E-state index in [0.717, 1.165) is 28.8 Å². The van der Waals surface area contributed by atoms with E-state index in [0.29, 0.717) is 6.42 Å².